The van der Waals surface area contributed by atoms with E-state index in [1.807, 2.05) is 43.5 Å². The largest absolute Gasteiger partial charge is 0.494 e. The molecular formula is C39H43Cl2N3O5S2. The Balaban J connectivity index is 1.58. The normalized spacial score (nSPS) is 14.0. The van der Waals surface area contributed by atoms with E-state index in [2.05, 4.69) is 5.32 Å². The van der Waals surface area contributed by atoms with Gasteiger partial charge in [-0.1, -0.05) is 78.9 Å². The Morgan fingerprint density at radius 1 is 0.922 bits per heavy atom. The van der Waals surface area contributed by atoms with Crippen molar-refractivity contribution in [1.82, 2.24) is 10.2 Å². The SMILES string of the molecule is CCOc1ccc(N(CC(=O)N(Cc2ccc(Cl)cc2Cl)[C@@H](Cc2ccccc2)C(=O)NC2CCCCC2)S(=O)(=O)c2ccc(SC)cc2)cc1. The van der Waals surface area contributed by atoms with Crippen molar-refractivity contribution in [1.29, 1.82) is 0 Å². The van der Waals surface area contributed by atoms with Crippen molar-refractivity contribution in [2.75, 3.05) is 23.7 Å². The third-order valence-electron chi connectivity index (χ3n) is 8.94. The highest BCUT2D eigenvalue weighted by Crippen LogP contribution is 2.29. The van der Waals surface area contributed by atoms with E-state index in [4.69, 9.17) is 27.9 Å². The van der Waals surface area contributed by atoms with E-state index in [0.717, 1.165) is 46.9 Å². The summed E-state index contributed by atoms with van der Waals surface area (Å²) in [5.41, 5.74) is 1.70. The first kappa shape index (κ1) is 38.5. The molecule has 0 saturated heterocycles. The van der Waals surface area contributed by atoms with Gasteiger partial charge < -0.3 is 15.0 Å². The standard InChI is InChI=1S/C39H43Cl2N3O5S2/c1-3-49-33-18-16-32(17-19-33)44(51(47,48)35-22-20-34(50-2)21-23-35)27-38(45)43(26-29-14-15-30(40)25-36(29)41)37(24-28-10-6-4-7-11-28)39(46)42-31-12-8-5-9-13-31/h4,6-7,10-11,14-23,25,31,37H,3,5,8-9,12-13,24,26-27H2,1-2H3,(H,42,46)/t37-/m0/s1. The van der Waals surface area contributed by atoms with Crippen molar-refractivity contribution in [3.63, 3.8) is 0 Å². The molecule has 1 aliphatic carbocycles. The molecule has 1 aliphatic rings. The molecule has 8 nitrogen and oxygen atoms in total. The van der Waals surface area contributed by atoms with Gasteiger partial charge in [0.2, 0.25) is 11.8 Å². The van der Waals surface area contributed by atoms with Gasteiger partial charge in [-0.25, -0.2) is 8.42 Å². The molecule has 4 aromatic carbocycles. The number of sulfonamides is 1. The minimum absolute atomic E-state index is 0.00872. The Bertz CT molecular complexity index is 1870. The van der Waals surface area contributed by atoms with Gasteiger partial charge in [0.1, 0.15) is 18.3 Å². The first-order valence-electron chi connectivity index (χ1n) is 17.1. The number of ether oxygens (including phenoxy) is 1. The lowest BCUT2D eigenvalue weighted by Crippen LogP contribution is -2.55. The van der Waals surface area contributed by atoms with Crippen LogP contribution in [0, 0.1) is 0 Å². The first-order chi connectivity index (χ1) is 24.6. The minimum Gasteiger partial charge on any atom is -0.494 e. The zero-order valence-electron chi connectivity index (χ0n) is 28.8. The van der Waals surface area contributed by atoms with Crippen LogP contribution in [0.15, 0.2) is 107 Å². The zero-order chi connectivity index (χ0) is 36.4. The number of nitrogens with zero attached hydrogens (tertiary/aromatic N) is 2. The van der Waals surface area contributed by atoms with Gasteiger partial charge in [-0.15, -0.1) is 11.8 Å². The Kier molecular flexibility index (Phi) is 13.7. The molecule has 5 rings (SSSR count). The third kappa shape index (κ3) is 10.2. The first-order valence-corrected chi connectivity index (χ1v) is 20.5. The molecule has 0 aliphatic heterocycles. The van der Waals surface area contributed by atoms with Crippen molar-refractivity contribution in [2.45, 2.75) is 73.9 Å². The average molecular weight is 769 g/mol. The van der Waals surface area contributed by atoms with Crippen LogP contribution in [0.5, 0.6) is 5.75 Å². The summed E-state index contributed by atoms with van der Waals surface area (Å²) < 4.78 is 35.5. The van der Waals surface area contributed by atoms with Crippen molar-refractivity contribution in [3.8, 4) is 5.75 Å². The Hall–Kier alpha value is -3.70. The molecular weight excluding hydrogens is 725 g/mol. The van der Waals surface area contributed by atoms with Crippen LogP contribution < -0.4 is 14.4 Å². The summed E-state index contributed by atoms with van der Waals surface area (Å²) in [7, 11) is -4.26. The molecule has 0 bridgehead atoms. The number of anilines is 1. The number of hydrogen-bond acceptors (Lipinski definition) is 6. The number of carbonyl (C=O) groups is 2. The highest BCUT2D eigenvalue weighted by atomic mass is 35.5. The van der Waals surface area contributed by atoms with Gasteiger partial charge in [0, 0.05) is 33.9 Å². The molecule has 51 heavy (non-hydrogen) atoms. The number of rotatable bonds is 15. The molecule has 2 amide bonds. The van der Waals surface area contributed by atoms with Gasteiger partial charge in [-0.3, -0.25) is 13.9 Å². The van der Waals surface area contributed by atoms with Crippen molar-refractivity contribution < 1.29 is 22.7 Å². The van der Waals surface area contributed by atoms with Crippen molar-refractivity contribution in [2.24, 2.45) is 0 Å². The van der Waals surface area contributed by atoms with E-state index in [0.29, 0.717) is 28.0 Å². The average Bonchev–Trinajstić information content (AvgIpc) is 3.14. The number of benzene rings is 4. The van der Waals surface area contributed by atoms with E-state index >= 15 is 0 Å². The summed E-state index contributed by atoms with van der Waals surface area (Å²) in [5.74, 6) is -0.304. The molecule has 0 heterocycles. The van der Waals surface area contributed by atoms with Crippen LogP contribution in [0.1, 0.15) is 50.2 Å². The molecule has 0 unspecified atom stereocenters. The van der Waals surface area contributed by atoms with Crippen molar-refractivity contribution in [3.05, 3.63) is 118 Å². The highest BCUT2D eigenvalue weighted by molar-refractivity contribution is 7.98. The predicted octanol–water partition coefficient (Wildman–Crippen LogP) is 8.40. The maximum absolute atomic E-state index is 14.8. The molecule has 0 radical (unpaired) electrons. The maximum Gasteiger partial charge on any atom is 0.264 e. The summed E-state index contributed by atoms with van der Waals surface area (Å²) in [5, 5.41) is 3.98. The topological polar surface area (TPSA) is 96.0 Å². The predicted molar refractivity (Wildman–Crippen MR) is 206 cm³/mol. The Labute approximate surface area is 315 Å². The molecule has 1 saturated carbocycles. The van der Waals surface area contributed by atoms with Crippen LogP contribution in [-0.2, 0) is 32.6 Å². The maximum atomic E-state index is 14.8. The lowest BCUT2D eigenvalue weighted by atomic mass is 9.94. The second kappa shape index (κ2) is 18.2. The van der Waals surface area contributed by atoms with Gasteiger partial charge >= 0.3 is 0 Å². The van der Waals surface area contributed by atoms with Crippen LogP contribution in [0.2, 0.25) is 10.0 Å². The van der Waals surface area contributed by atoms with Gasteiger partial charge in [0.25, 0.3) is 10.0 Å². The fourth-order valence-corrected chi connectivity index (χ4v) is 8.50. The van der Waals surface area contributed by atoms with Crippen LogP contribution in [0.4, 0.5) is 5.69 Å². The molecule has 4 aromatic rings. The highest BCUT2D eigenvalue weighted by Gasteiger charge is 2.36. The number of thioether (sulfide) groups is 1. The molecule has 0 spiro atoms. The summed E-state index contributed by atoms with van der Waals surface area (Å²) in [4.78, 5) is 31.5. The Morgan fingerprint density at radius 2 is 1.61 bits per heavy atom. The molecule has 270 valence electrons. The second-order valence-electron chi connectivity index (χ2n) is 12.4. The number of halogens is 2. The number of amides is 2. The number of carbonyl (C=O) groups excluding carboxylic acids is 2. The van der Waals surface area contributed by atoms with Crippen LogP contribution in [0.25, 0.3) is 0 Å². The monoisotopic (exact) mass is 767 g/mol. The van der Waals surface area contributed by atoms with E-state index in [1.165, 1.54) is 28.8 Å². The minimum atomic E-state index is -4.26. The van der Waals surface area contributed by atoms with Gasteiger partial charge in [0.05, 0.1) is 17.2 Å². The molecule has 1 fully saturated rings. The summed E-state index contributed by atoms with van der Waals surface area (Å²) in [6.45, 7) is 1.67. The van der Waals surface area contributed by atoms with Crippen LogP contribution >= 0.6 is 35.0 Å². The second-order valence-corrected chi connectivity index (χ2v) is 16.0. The van der Waals surface area contributed by atoms with Gasteiger partial charge in [0.15, 0.2) is 0 Å². The van der Waals surface area contributed by atoms with Crippen LogP contribution in [0.3, 0.4) is 0 Å². The summed E-state index contributed by atoms with van der Waals surface area (Å²) in [6, 6.07) is 26.6. The van der Waals surface area contributed by atoms with E-state index < -0.39 is 28.5 Å². The fraction of sp³-hybridized carbons (Fsp3) is 0.333. The van der Waals surface area contributed by atoms with Gasteiger partial charge in [-0.05, 0) is 97.8 Å². The summed E-state index contributed by atoms with van der Waals surface area (Å²) >= 11 is 14.4. The van der Waals surface area contributed by atoms with E-state index in [9.17, 15) is 18.0 Å². The van der Waals surface area contributed by atoms with E-state index in [1.54, 1.807) is 54.6 Å². The number of hydrogen-bond donors (Lipinski definition) is 1. The van der Waals surface area contributed by atoms with E-state index in [-0.39, 0.29) is 35.5 Å². The molecule has 1 atom stereocenters. The van der Waals surface area contributed by atoms with Crippen LogP contribution in [-0.4, -0.2) is 56.6 Å². The van der Waals surface area contributed by atoms with Crippen molar-refractivity contribution >= 4 is 62.5 Å². The smallest absolute Gasteiger partial charge is 0.264 e. The molecule has 12 heteroatoms. The zero-order valence-corrected chi connectivity index (χ0v) is 31.9. The molecule has 0 aromatic heterocycles. The summed E-state index contributed by atoms with van der Waals surface area (Å²) in [6.07, 6.45) is 7.00. The quantitative estimate of drug-likeness (QED) is 0.122. The Morgan fingerprint density at radius 3 is 2.24 bits per heavy atom. The fourth-order valence-electron chi connectivity index (χ4n) is 6.21. The third-order valence-corrected chi connectivity index (χ3v) is 12.1. The van der Waals surface area contributed by atoms with Gasteiger partial charge in [-0.2, -0.15) is 0 Å². The lowest BCUT2D eigenvalue weighted by Gasteiger charge is -2.35. The number of nitrogens with one attached hydrogen (secondary N) is 1. The molecule has 1 N–H and O–H groups in total. The lowest BCUT2D eigenvalue weighted by molar-refractivity contribution is -0.140.